The number of nitrogens with one attached hydrogen (secondary N) is 2. The standard InChI is InChI=1S/C23H28N4O2/c1-17(2)21-15-19(29-27-21)16-26-23(24-3)25-13-14-28-22-12-8-7-11-20(22)18-9-5-4-6-10-18/h4-12,15,17H,13-14,16H2,1-3H3,(H2,24,25,26). The molecule has 0 aliphatic heterocycles. The molecule has 0 saturated heterocycles. The van der Waals surface area contributed by atoms with Gasteiger partial charge in [-0.2, -0.15) is 0 Å². The first-order valence-electron chi connectivity index (χ1n) is 9.84. The summed E-state index contributed by atoms with van der Waals surface area (Å²) < 4.78 is 11.3. The van der Waals surface area contributed by atoms with Crippen LogP contribution < -0.4 is 15.4 Å². The topological polar surface area (TPSA) is 71.7 Å². The molecule has 1 heterocycles. The SMILES string of the molecule is CN=C(NCCOc1ccccc1-c1ccccc1)NCc1cc(C(C)C)no1. The molecule has 3 aromatic rings. The van der Waals surface area contributed by atoms with Gasteiger partial charge in [0.2, 0.25) is 0 Å². The minimum Gasteiger partial charge on any atom is -0.491 e. The van der Waals surface area contributed by atoms with E-state index in [0.29, 0.717) is 31.6 Å². The van der Waals surface area contributed by atoms with E-state index in [1.165, 1.54) is 0 Å². The van der Waals surface area contributed by atoms with Crippen molar-refractivity contribution in [3.63, 3.8) is 0 Å². The molecular formula is C23H28N4O2. The van der Waals surface area contributed by atoms with Crippen molar-refractivity contribution >= 4 is 5.96 Å². The van der Waals surface area contributed by atoms with Gasteiger partial charge in [-0.05, 0) is 17.5 Å². The zero-order chi connectivity index (χ0) is 20.5. The van der Waals surface area contributed by atoms with Crippen molar-refractivity contribution in [2.75, 3.05) is 20.2 Å². The summed E-state index contributed by atoms with van der Waals surface area (Å²) in [6.45, 7) is 5.84. The highest BCUT2D eigenvalue weighted by molar-refractivity contribution is 5.79. The Balaban J connectivity index is 1.47. The number of ether oxygens (including phenoxy) is 1. The molecule has 2 N–H and O–H groups in total. The molecule has 0 bridgehead atoms. The first-order chi connectivity index (χ1) is 14.2. The normalized spacial score (nSPS) is 11.5. The van der Waals surface area contributed by atoms with Crippen LogP contribution in [0.25, 0.3) is 11.1 Å². The molecule has 3 rings (SSSR count). The summed E-state index contributed by atoms with van der Waals surface area (Å²) in [4.78, 5) is 4.23. The number of para-hydroxylation sites is 1. The molecule has 2 aromatic carbocycles. The number of aromatic nitrogens is 1. The van der Waals surface area contributed by atoms with Crippen molar-refractivity contribution in [1.29, 1.82) is 0 Å². The second-order valence-electron chi connectivity index (χ2n) is 6.94. The van der Waals surface area contributed by atoms with Crippen molar-refractivity contribution in [3.8, 4) is 16.9 Å². The van der Waals surface area contributed by atoms with Crippen LogP contribution in [0.1, 0.15) is 31.2 Å². The molecule has 0 saturated carbocycles. The third-order valence-electron chi connectivity index (χ3n) is 4.45. The van der Waals surface area contributed by atoms with Gasteiger partial charge in [0.1, 0.15) is 12.4 Å². The fourth-order valence-electron chi connectivity index (χ4n) is 2.85. The fraction of sp³-hybridized carbons (Fsp3) is 0.304. The molecule has 0 radical (unpaired) electrons. The van der Waals surface area contributed by atoms with Crippen LogP contribution in [0.15, 0.2) is 70.2 Å². The van der Waals surface area contributed by atoms with Crippen LogP contribution in [0.5, 0.6) is 5.75 Å². The summed E-state index contributed by atoms with van der Waals surface area (Å²) in [5.41, 5.74) is 3.18. The maximum Gasteiger partial charge on any atom is 0.191 e. The maximum absolute atomic E-state index is 6.01. The molecule has 6 nitrogen and oxygen atoms in total. The summed E-state index contributed by atoms with van der Waals surface area (Å²) in [6, 6.07) is 20.3. The molecule has 0 fully saturated rings. The Morgan fingerprint density at radius 3 is 2.55 bits per heavy atom. The van der Waals surface area contributed by atoms with Crippen molar-refractivity contribution in [2.24, 2.45) is 4.99 Å². The van der Waals surface area contributed by atoms with Gasteiger partial charge in [0, 0.05) is 18.7 Å². The van der Waals surface area contributed by atoms with Crippen LogP contribution in [0, 0.1) is 0 Å². The maximum atomic E-state index is 6.01. The molecule has 0 unspecified atom stereocenters. The lowest BCUT2D eigenvalue weighted by Gasteiger charge is -2.14. The predicted molar refractivity (Wildman–Crippen MR) is 116 cm³/mol. The molecule has 1 aromatic heterocycles. The van der Waals surface area contributed by atoms with Gasteiger partial charge >= 0.3 is 0 Å². The monoisotopic (exact) mass is 392 g/mol. The third-order valence-corrected chi connectivity index (χ3v) is 4.45. The third kappa shape index (κ3) is 5.85. The second-order valence-corrected chi connectivity index (χ2v) is 6.94. The predicted octanol–water partition coefficient (Wildman–Crippen LogP) is 4.21. The number of nitrogens with zero attached hydrogens (tertiary/aromatic N) is 2. The number of guanidine groups is 1. The Labute approximate surface area is 172 Å². The quantitative estimate of drug-likeness (QED) is 0.341. The van der Waals surface area contributed by atoms with E-state index in [2.05, 4.69) is 52.8 Å². The second kappa shape index (κ2) is 10.3. The van der Waals surface area contributed by atoms with E-state index in [1.807, 2.05) is 42.5 Å². The summed E-state index contributed by atoms with van der Waals surface area (Å²) in [6.07, 6.45) is 0. The van der Waals surface area contributed by atoms with Crippen LogP contribution in [-0.4, -0.2) is 31.3 Å². The van der Waals surface area contributed by atoms with Gasteiger partial charge in [0.25, 0.3) is 0 Å². The van der Waals surface area contributed by atoms with Crippen molar-refractivity contribution in [1.82, 2.24) is 15.8 Å². The van der Waals surface area contributed by atoms with Gasteiger partial charge in [-0.3, -0.25) is 4.99 Å². The van der Waals surface area contributed by atoms with Gasteiger partial charge in [-0.15, -0.1) is 0 Å². The summed E-state index contributed by atoms with van der Waals surface area (Å²) in [5, 5.41) is 10.5. The molecule has 0 aliphatic rings. The summed E-state index contributed by atoms with van der Waals surface area (Å²) >= 11 is 0. The van der Waals surface area contributed by atoms with Crippen LogP contribution in [0.3, 0.4) is 0 Å². The lowest BCUT2D eigenvalue weighted by molar-refractivity contribution is 0.323. The van der Waals surface area contributed by atoms with Gasteiger partial charge in [-0.1, -0.05) is 67.5 Å². The largest absolute Gasteiger partial charge is 0.491 e. The minimum atomic E-state index is 0.348. The first-order valence-corrected chi connectivity index (χ1v) is 9.84. The molecule has 0 aliphatic carbocycles. The fourth-order valence-corrected chi connectivity index (χ4v) is 2.85. The average molecular weight is 393 g/mol. The van der Waals surface area contributed by atoms with E-state index in [1.54, 1.807) is 7.05 Å². The lowest BCUT2D eigenvalue weighted by atomic mass is 10.1. The van der Waals surface area contributed by atoms with Crippen molar-refractivity contribution in [3.05, 3.63) is 72.1 Å². The van der Waals surface area contributed by atoms with E-state index in [9.17, 15) is 0 Å². The molecule has 6 heteroatoms. The van der Waals surface area contributed by atoms with Crippen LogP contribution >= 0.6 is 0 Å². The highest BCUT2D eigenvalue weighted by atomic mass is 16.5. The molecule has 0 amide bonds. The van der Waals surface area contributed by atoms with Gasteiger partial charge in [-0.25, -0.2) is 0 Å². The number of aliphatic imine (C=N–C) groups is 1. The average Bonchev–Trinajstić information content (AvgIpc) is 3.24. The molecule has 0 atom stereocenters. The smallest absolute Gasteiger partial charge is 0.191 e. The van der Waals surface area contributed by atoms with Gasteiger partial charge < -0.3 is 19.9 Å². The summed E-state index contributed by atoms with van der Waals surface area (Å²) in [5.74, 6) is 2.68. The van der Waals surface area contributed by atoms with Crippen molar-refractivity contribution < 1.29 is 9.26 Å². The van der Waals surface area contributed by atoms with Crippen LogP contribution in [-0.2, 0) is 6.54 Å². The summed E-state index contributed by atoms with van der Waals surface area (Å²) in [7, 11) is 1.74. The van der Waals surface area contributed by atoms with E-state index in [0.717, 1.165) is 28.3 Å². The minimum absolute atomic E-state index is 0.348. The Morgan fingerprint density at radius 2 is 1.83 bits per heavy atom. The molecular weight excluding hydrogens is 364 g/mol. The van der Waals surface area contributed by atoms with Crippen LogP contribution in [0.2, 0.25) is 0 Å². The number of hydrogen-bond acceptors (Lipinski definition) is 4. The van der Waals surface area contributed by atoms with Gasteiger partial charge in [0.15, 0.2) is 11.7 Å². The van der Waals surface area contributed by atoms with E-state index >= 15 is 0 Å². The number of rotatable bonds is 8. The lowest BCUT2D eigenvalue weighted by Crippen LogP contribution is -2.38. The van der Waals surface area contributed by atoms with E-state index in [4.69, 9.17) is 9.26 Å². The van der Waals surface area contributed by atoms with Crippen molar-refractivity contribution in [2.45, 2.75) is 26.3 Å². The van der Waals surface area contributed by atoms with E-state index < -0.39 is 0 Å². The zero-order valence-corrected chi connectivity index (χ0v) is 17.2. The Kier molecular flexibility index (Phi) is 7.28. The highest BCUT2D eigenvalue weighted by Gasteiger charge is 2.08. The zero-order valence-electron chi connectivity index (χ0n) is 17.2. The van der Waals surface area contributed by atoms with Gasteiger partial charge in [0.05, 0.1) is 18.8 Å². The highest BCUT2D eigenvalue weighted by Crippen LogP contribution is 2.29. The molecule has 29 heavy (non-hydrogen) atoms. The Hall–Kier alpha value is -3.28. The number of hydrogen-bond donors (Lipinski definition) is 2. The first kappa shape index (κ1) is 20.5. The molecule has 0 spiro atoms. The Bertz CT molecular complexity index is 919. The van der Waals surface area contributed by atoms with E-state index in [-0.39, 0.29) is 0 Å². The Morgan fingerprint density at radius 1 is 1.07 bits per heavy atom. The number of benzene rings is 2. The van der Waals surface area contributed by atoms with Crippen LogP contribution in [0.4, 0.5) is 0 Å². The molecule has 152 valence electrons.